The number of carbonyl (C=O) groups is 1. The average Bonchev–Trinajstić information content (AvgIpc) is 3.23. The van der Waals surface area contributed by atoms with Gasteiger partial charge in [0.2, 0.25) is 5.91 Å². The van der Waals surface area contributed by atoms with Gasteiger partial charge in [-0.25, -0.2) is 10.9 Å². The fourth-order valence-electron chi connectivity index (χ4n) is 3.21. The van der Waals surface area contributed by atoms with E-state index in [-0.39, 0.29) is 18.0 Å². The van der Waals surface area contributed by atoms with Crippen molar-refractivity contribution in [1.29, 1.82) is 0 Å². The molecule has 7 heteroatoms. The highest BCUT2D eigenvalue weighted by Crippen LogP contribution is 2.26. The first-order valence-corrected chi connectivity index (χ1v) is 9.37. The van der Waals surface area contributed by atoms with Crippen LogP contribution in [0.1, 0.15) is 30.5 Å². The van der Waals surface area contributed by atoms with Gasteiger partial charge in [-0.1, -0.05) is 12.1 Å². The van der Waals surface area contributed by atoms with Crippen molar-refractivity contribution in [1.82, 2.24) is 16.2 Å². The molecule has 0 radical (unpaired) electrons. The quantitative estimate of drug-likeness (QED) is 0.647. The van der Waals surface area contributed by atoms with Crippen LogP contribution in [0.3, 0.4) is 0 Å². The van der Waals surface area contributed by atoms with E-state index in [1.165, 1.54) is 0 Å². The van der Waals surface area contributed by atoms with Gasteiger partial charge in [-0.3, -0.25) is 4.79 Å². The summed E-state index contributed by atoms with van der Waals surface area (Å²) in [6, 6.07) is 13.2. The second kappa shape index (κ2) is 9.43. The summed E-state index contributed by atoms with van der Waals surface area (Å²) in [5.74, 6) is 2.19. The first kappa shape index (κ1) is 20.0. The lowest BCUT2D eigenvalue weighted by atomic mass is 10.0. The molecule has 1 aliphatic rings. The second-order valence-corrected chi connectivity index (χ2v) is 6.53. The lowest BCUT2D eigenvalue weighted by molar-refractivity contribution is -0.123. The molecule has 0 bridgehead atoms. The van der Waals surface area contributed by atoms with Gasteiger partial charge in [0.25, 0.3) is 0 Å². The van der Waals surface area contributed by atoms with Crippen molar-refractivity contribution < 1.29 is 19.0 Å². The Morgan fingerprint density at radius 1 is 1.07 bits per heavy atom. The maximum atomic E-state index is 12.6. The van der Waals surface area contributed by atoms with Crippen LogP contribution in [-0.4, -0.2) is 32.8 Å². The van der Waals surface area contributed by atoms with Crippen LogP contribution in [0, 0.1) is 0 Å². The molecule has 0 spiro atoms. The average molecular weight is 385 g/mol. The molecule has 2 atom stereocenters. The number of benzene rings is 2. The third-order valence-corrected chi connectivity index (χ3v) is 4.76. The molecule has 1 saturated heterocycles. The van der Waals surface area contributed by atoms with E-state index in [0.717, 1.165) is 16.9 Å². The van der Waals surface area contributed by atoms with E-state index < -0.39 is 0 Å². The minimum absolute atomic E-state index is 0.0567. The van der Waals surface area contributed by atoms with Gasteiger partial charge in [0, 0.05) is 24.2 Å². The number of amides is 1. The molecule has 1 fully saturated rings. The van der Waals surface area contributed by atoms with E-state index in [4.69, 9.17) is 14.2 Å². The van der Waals surface area contributed by atoms with Crippen LogP contribution < -0.4 is 30.4 Å². The SMILES string of the molecule is CCOc1ccc(C2CC(C(=O)NCc3ccc(OC)cc3OC)NN2)cc1. The predicted octanol–water partition coefficient (Wildman–Crippen LogP) is 2.33. The van der Waals surface area contributed by atoms with E-state index in [2.05, 4.69) is 16.2 Å². The molecule has 1 heterocycles. The second-order valence-electron chi connectivity index (χ2n) is 6.53. The van der Waals surface area contributed by atoms with Crippen molar-refractivity contribution in [3.8, 4) is 17.2 Å². The number of rotatable bonds is 8. The summed E-state index contributed by atoms with van der Waals surface area (Å²) in [5.41, 5.74) is 8.29. The summed E-state index contributed by atoms with van der Waals surface area (Å²) in [6.07, 6.45) is 0.666. The topological polar surface area (TPSA) is 80.9 Å². The van der Waals surface area contributed by atoms with Gasteiger partial charge in [0.15, 0.2) is 0 Å². The van der Waals surface area contributed by atoms with Crippen molar-refractivity contribution in [2.75, 3.05) is 20.8 Å². The molecule has 2 unspecified atom stereocenters. The number of nitrogens with one attached hydrogen (secondary N) is 3. The first-order valence-electron chi connectivity index (χ1n) is 9.37. The third-order valence-electron chi connectivity index (χ3n) is 4.76. The zero-order valence-corrected chi connectivity index (χ0v) is 16.5. The Bertz CT molecular complexity index is 795. The molecule has 150 valence electrons. The summed E-state index contributed by atoms with van der Waals surface area (Å²) in [6.45, 7) is 2.99. The van der Waals surface area contributed by atoms with Gasteiger partial charge in [-0.2, -0.15) is 0 Å². The number of ether oxygens (including phenoxy) is 3. The Morgan fingerprint density at radius 2 is 1.82 bits per heavy atom. The van der Waals surface area contributed by atoms with Crippen molar-refractivity contribution in [2.24, 2.45) is 0 Å². The van der Waals surface area contributed by atoms with Crippen molar-refractivity contribution in [2.45, 2.75) is 32.0 Å². The molecule has 1 aliphatic heterocycles. The molecule has 3 N–H and O–H groups in total. The van der Waals surface area contributed by atoms with Crippen LogP contribution >= 0.6 is 0 Å². The van der Waals surface area contributed by atoms with Crippen LogP contribution in [0.15, 0.2) is 42.5 Å². The molecule has 28 heavy (non-hydrogen) atoms. The van der Waals surface area contributed by atoms with Gasteiger partial charge in [-0.05, 0) is 43.2 Å². The van der Waals surface area contributed by atoms with Gasteiger partial charge >= 0.3 is 0 Å². The number of hydrazine groups is 1. The number of hydrogen-bond acceptors (Lipinski definition) is 6. The lowest BCUT2D eigenvalue weighted by Gasteiger charge is -2.14. The number of methoxy groups -OCH3 is 2. The van der Waals surface area contributed by atoms with Crippen LogP contribution in [0.4, 0.5) is 0 Å². The summed E-state index contributed by atoms with van der Waals surface area (Å²) in [5, 5.41) is 2.97. The normalized spacial score (nSPS) is 18.5. The maximum Gasteiger partial charge on any atom is 0.238 e. The monoisotopic (exact) mass is 385 g/mol. The highest BCUT2D eigenvalue weighted by Gasteiger charge is 2.30. The molecule has 1 amide bonds. The number of carbonyl (C=O) groups excluding carboxylic acids is 1. The van der Waals surface area contributed by atoms with Gasteiger partial charge in [0.05, 0.1) is 20.8 Å². The fourth-order valence-corrected chi connectivity index (χ4v) is 3.21. The van der Waals surface area contributed by atoms with Gasteiger partial charge in [-0.15, -0.1) is 0 Å². The van der Waals surface area contributed by atoms with Crippen molar-refractivity contribution >= 4 is 5.91 Å². The minimum Gasteiger partial charge on any atom is -0.497 e. The summed E-state index contributed by atoms with van der Waals surface area (Å²) in [7, 11) is 3.21. The van der Waals surface area contributed by atoms with Crippen molar-refractivity contribution in [3.05, 3.63) is 53.6 Å². The number of hydrogen-bond donors (Lipinski definition) is 3. The molecule has 0 aliphatic carbocycles. The van der Waals surface area contributed by atoms with Gasteiger partial charge < -0.3 is 19.5 Å². The Hall–Kier alpha value is -2.77. The molecule has 3 rings (SSSR count). The van der Waals surface area contributed by atoms with E-state index in [0.29, 0.717) is 31.1 Å². The molecule has 2 aromatic carbocycles. The molecular formula is C21H27N3O4. The Balaban J connectivity index is 1.54. The van der Waals surface area contributed by atoms with Crippen LogP contribution in [0.25, 0.3) is 0 Å². The molecular weight excluding hydrogens is 358 g/mol. The Morgan fingerprint density at radius 3 is 2.50 bits per heavy atom. The van der Waals surface area contributed by atoms with Crippen LogP contribution in [0.2, 0.25) is 0 Å². The van der Waals surface area contributed by atoms with E-state index in [1.807, 2.05) is 43.3 Å². The zero-order valence-electron chi connectivity index (χ0n) is 16.5. The maximum absolute atomic E-state index is 12.6. The van der Waals surface area contributed by atoms with Crippen molar-refractivity contribution in [3.63, 3.8) is 0 Å². The molecule has 2 aromatic rings. The fraction of sp³-hybridized carbons (Fsp3) is 0.381. The highest BCUT2D eigenvalue weighted by molar-refractivity contribution is 5.82. The van der Waals surface area contributed by atoms with Crippen LogP contribution in [-0.2, 0) is 11.3 Å². The summed E-state index contributed by atoms with van der Waals surface area (Å²) >= 11 is 0. The minimum atomic E-state index is -0.305. The Kier molecular flexibility index (Phi) is 6.73. The Labute approximate surface area is 165 Å². The van der Waals surface area contributed by atoms with Gasteiger partial charge in [0.1, 0.15) is 23.3 Å². The van der Waals surface area contributed by atoms with E-state index in [9.17, 15) is 4.79 Å². The zero-order chi connectivity index (χ0) is 19.9. The predicted molar refractivity (Wildman–Crippen MR) is 106 cm³/mol. The summed E-state index contributed by atoms with van der Waals surface area (Å²) < 4.78 is 16.0. The molecule has 0 aromatic heterocycles. The first-order chi connectivity index (χ1) is 13.6. The largest absolute Gasteiger partial charge is 0.497 e. The molecule has 0 saturated carbocycles. The van der Waals surface area contributed by atoms with E-state index >= 15 is 0 Å². The van der Waals surface area contributed by atoms with Crippen LogP contribution in [0.5, 0.6) is 17.2 Å². The standard InChI is InChI=1S/C21H27N3O4/c1-4-28-16-8-5-14(6-9-16)18-12-19(24-23-18)21(25)22-13-15-7-10-17(26-2)11-20(15)27-3/h5-11,18-19,23-24H,4,12-13H2,1-3H3,(H,22,25). The third kappa shape index (κ3) is 4.74. The summed E-state index contributed by atoms with van der Waals surface area (Å²) in [4.78, 5) is 12.6. The smallest absolute Gasteiger partial charge is 0.238 e. The van der Waals surface area contributed by atoms with E-state index in [1.54, 1.807) is 20.3 Å². The molecule has 7 nitrogen and oxygen atoms in total. The lowest BCUT2D eigenvalue weighted by Crippen LogP contribution is -2.42. The highest BCUT2D eigenvalue weighted by atomic mass is 16.5.